The molecule has 0 spiro atoms. The molecular formula is C12H18N2O. The van der Waals surface area contributed by atoms with Crippen LogP contribution in [0, 0.1) is 5.92 Å². The van der Waals surface area contributed by atoms with Gasteiger partial charge in [0.15, 0.2) is 0 Å². The Labute approximate surface area is 90.5 Å². The Morgan fingerprint density at radius 3 is 3.13 bits per heavy atom. The molecule has 2 unspecified atom stereocenters. The molecule has 0 bridgehead atoms. The van der Waals surface area contributed by atoms with E-state index in [1.54, 1.807) is 0 Å². The topological polar surface area (TPSA) is 34.9 Å². The quantitative estimate of drug-likeness (QED) is 0.744. The molecule has 2 rings (SSSR count). The van der Waals surface area contributed by atoms with Crippen molar-refractivity contribution in [2.45, 2.75) is 45.6 Å². The highest BCUT2D eigenvalue weighted by Gasteiger charge is 2.28. The number of Topliss-reactive ketones (excluding diaryl/α,β-unsaturated/α-hetero) is 1. The number of hydrogen-bond acceptors (Lipinski definition) is 2. The van der Waals surface area contributed by atoms with E-state index in [-0.39, 0.29) is 0 Å². The van der Waals surface area contributed by atoms with E-state index in [9.17, 15) is 4.79 Å². The molecule has 1 saturated carbocycles. The minimum Gasteiger partial charge on any atom is -0.331 e. The third kappa shape index (κ3) is 1.96. The van der Waals surface area contributed by atoms with Gasteiger partial charge in [-0.1, -0.05) is 13.8 Å². The molecule has 2 atom stereocenters. The van der Waals surface area contributed by atoms with E-state index in [2.05, 4.69) is 23.4 Å². The molecule has 0 amide bonds. The third-order valence-corrected chi connectivity index (χ3v) is 3.39. The molecule has 1 aliphatic rings. The molecule has 3 nitrogen and oxygen atoms in total. The number of ketones is 1. The number of aryl methyl sites for hydroxylation is 1. The minimum absolute atomic E-state index is 0.337. The van der Waals surface area contributed by atoms with Crippen LogP contribution in [0.1, 0.15) is 45.0 Å². The largest absolute Gasteiger partial charge is 0.331 e. The summed E-state index contributed by atoms with van der Waals surface area (Å²) in [5, 5.41) is 0. The van der Waals surface area contributed by atoms with Crippen LogP contribution in [0.5, 0.6) is 0 Å². The van der Waals surface area contributed by atoms with Crippen molar-refractivity contribution in [2.24, 2.45) is 5.92 Å². The molecule has 3 heteroatoms. The van der Waals surface area contributed by atoms with E-state index < -0.39 is 0 Å². The highest BCUT2D eigenvalue weighted by atomic mass is 16.1. The van der Waals surface area contributed by atoms with Crippen LogP contribution in [0.25, 0.3) is 0 Å². The monoisotopic (exact) mass is 206 g/mol. The van der Waals surface area contributed by atoms with Crippen LogP contribution in [-0.2, 0) is 11.2 Å². The van der Waals surface area contributed by atoms with Crippen LogP contribution in [0.15, 0.2) is 12.4 Å². The predicted octanol–water partition coefficient (Wildman–Crippen LogP) is 2.38. The zero-order valence-corrected chi connectivity index (χ0v) is 9.44. The average Bonchev–Trinajstić information content (AvgIpc) is 2.69. The van der Waals surface area contributed by atoms with Gasteiger partial charge in [-0.15, -0.1) is 0 Å². The predicted molar refractivity (Wildman–Crippen MR) is 58.7 cm³/mol. The summed E-state index contributed by atoms with van der Waals surface area (Å²) in [6, 6.07) is 0.337. The summed E-state index contributed by atoms with van der Waals surface area (Å²) in [6.07, 6.45) is 7.25. The lowest BCUT2D eigenvalue weighted by Gasteiger charge is -2.30. The maximum atomic E-state index is 11.5. The third-order valence-electron chi connectivity index (χ3n) is 3.39. The smallest absolute Gasteiger partial charge is 0.134 e. The molecule has 1 fully saturated rings. The van der Waals surface area contributed by atoms with Gasteiger partial charge in [0, 0.05) is 37.7 Å². The summed E-state index contributed by atoms with van der Waals surface area (Å²) in [7, 11) is 0. The first-order valence-corrected chi connectivity index (χ1v) is 5.75. The fourth-order valence-electron chi connectivity index (χ4n) is 2.41. The van der Waals surface area contributed by atoms with E-state index in [4.69, 9.17) is 0 Å². The summed E-state index contributed by atoms with van der Waals surface area (Å²) >= 11 is 0. The van der Waals surface area contributed by atoms with Crippen LogP contribution in [0.3, 0.4) is 0 Å². The summed E-state index contributed by atoms with van der Waals surface area (Å²) in [6.45, 7) is 4.34. The summed E-state index contributed by atoms with van der Waals surface area (Å²) in [5.41, 5.74) is 0. The van der Waals surface area contributed by atoms with E-state index in [1.165, 1.54) is 0 Å². The lowest BCUT2D eigenvalue weighted by atomic mass is 9.85. The van der Waals surface area contributed by atoms with Crippen molar-refractivity contribution in [1.82, 2.24) is 9.55 Å². The van der Waals surface area contributed by atoms with Gasteiger partial charge in [-0.3, -0.25) is 4.79 Å². The number of rotatable bonds is 2. The summed E-state index contributed by atoms with van der Waals surface area (Å²) < 4.78 is 2.20. The minimum atomic E-state index is 0.337. The van der Waals surface area contributed by atoms with Crippen LogP contribution in [0.4, 0.5) is 0 Å². The van der Waals surface area contributed by atoms with Gasteiger partial charge >= 0.3 is 0 Å². The van der Waals surface area contributed by atoms with Crippen LogP contribution in [-0.4, -0.2) is 15.3 Å². The van der Waals surface area contributed by atoms with Gasteiger partial charge in [-0.05, 0) is 12.3 Å². The van der Waals surface area contributed by atoms with Crippen molar-refractivity contribution in [2.75, 3.05) is 0 Å². The van der Waals surface area contributed by atoms with Crippen molar-refractivity contribution in [1.29, 1.82) is 0 Å². The second-order valence-corrected chi connectivity index (χ2v) is 4.43. The molecule has 0 radical (unpaired) electrons. The zero-order chi connectivity index (χ0) is 10.8. The molecule has 15 heavy (non-hydrogen) atoms. The van der Waals surface area contributed by atoms with Crippen molar-refractivity contribution in [3.63, 3.8) is 0 Å². The fourth-order valence-corrected chi connectivity index (χ4v) is 2.41. The maximum Gasteiger partial charge on any atom is 0.134 e. The van der Waals surface area contributed by atoms with E-state index in [0.717, 1.165) is 25.1 Å². The van der Waals surface area contributed by atoms with Crippen LogP contribution >= 0.6 is 0 Å². The molecular weight excluding hydrogens is 188 g/mol. The Hall–Kier alpha value is -1.12. The molecule has 0 N–H and O–H groups in total. The molecule has 1 aliphatic carbocycles. The van der Waals surface area contributed by atoms with Crippen LogP contribution in [0.2, 0.25) is 0 Å². The highest BCUT2D eigenvalue weighted by Crippen LogP contribution is 2.32. The zero-order valence-electron chi connectivity index (χ0n) is 9.44. The van der Waals surface area contributed by atoms with Crippen molar-refractivity contribution < 1.29 is 4.79 Å². The van der Waals surface area contributed by atoms with Gasteiger partial charge in [0.2, 0.25) is 0 Å². The molecule has 82 valence electrons. The van der Waals surface area contributed by atoms with Crippen molar-refractivity contribution in [3.8, 4) is 0 Å². The summed E-state index contributed by atoms with van der Waals surface area (Å²) in [5.74, 6) is 2.08. The van der Waals surface area contributed by atoms with Crippen molar-refractivity contribution >= 4 is 5.78 Å². The number of aromatic nitrogens is 2. The van der Waals surface area contributed by atoms with E-state index in [0.29, 0.717) is 24.2 Å². The lowest BCUT2D eigenvalue weighted by Crippen LogP contribution is -2.26. The molecule has 0 saturated heterocycles. The second-order valence-electron chi connectivity index (χ2n) is 4.43. The number of nitrogens with zero attached hydrogens (tertiary/aromatic N) is 2. The number of imidazole rings is 1. The van der Waals surface area contributed by atoms with Gasteiger partial charge in [0.25, 0.3) is 0 Å². The molecule has 1 heterocycles. The fraction of sp³-hybridized carbons (Fsp3) is 0.667. The SMILES string of the molecule is CCc1nccn1C1CC(=O)CCC1C. The first kappa shape index (κ1) is 10.4. The first-order valence-electron chi connectivity index (χ1n) is 5.75. The Morgan fingerprint density at radius 2 is 2.40 bits per heavy atom. The summed E-state index contributed by atoms with van der Waals surface area (Å²) in [4.78, 5) is 15.8. The molecule has 1 aromatic rings. The number of carbonyl (C=O) groups is 1. The van der Waals surface area contributed by atoms with Gasteiger partial charge in [-0.2, -0.15) is 0 Å². The van der Waals surface area contributed by atoms with Gasteiger partial charge in [0.1, 0.15) is 11.6 Å². The van der Waals surface area contributed by atoms with E-state index in [1.807, 2.05) is 12.4 Å². The standard InChI is InChI=1S/C12H18N2O/c1-3-12-13-6-7-14(12)11-8-10(15)5-4-9(11)2/h6-7,9,11H,3-5,8H2,1-2H3. The number of carbonyl (C=O) groups excluding carboxylic acids is 1. The Morgan fingerprint density at radius 1 is 1.60 bits per heavy atom. The van der Waals surface area contributed by atoms with E-state index >= 15 is 0 Å². The Balaban J connectivity index is 2.24. The molecule has 0 aliphatic heterocycles. The normalized spacial score (nSPS) is 26.9. The van der Waals surface area contributed by atoms with Gasteiger partial charge in [-0.25, -0.2) is 4.98 Å². The first-order chi connectivity index (χ1) is 7.22. The van der Waals surface area contributed by atoms with Gasteiger partial charge in [0.05, 0.1) is 0 Å². The van der Waals surface area contributed by atoms with Crippen molar-refractivity contribution in [3.05, 3.63) is 18.2 Å². The van der Waals surface area contributed by atoms with Crippen LogP contribution < -0.4 is 0 Å². The maximum absolute atomic E-state index is 11.5. The van der Waals surface area contributed by atoms with Gasteiger partial charge < -0.3 is 4.57 Å². The Bertz CT molecular complexity index is 356. The highest BCUT2D eigenvalue weighted by molar-refractivity contribution is 5.79. The molecule has 0 aromatic carbocycles. The lowest BCUT2D eigenvalue weighted by molar-refractivity contribution is -0.122. The average molecular weight is 206 g/mol. The Kier molecular flexibility index (Phi) is 2.89. The molecule has 1 aromatic heterocycles. The second kappa shape index (κ2) is 4.17. The number of hydrogen-bond donors (Lipinski definition) is 0.